The van der Waals surface area contributed by atoms with Crippen LogP contribution in [0.1, 0.15) is 29.7 Å². The summed E-state index contributed by atoms with van der Waals surface area (Å²) >= 11 is 0. The van der Waals surface area contributed by atoms with Crippen molar-refractivity contribution in [3.8, 4) is 34.0 Å². The number of halogens is 3. The molecule has 0 saturated carbocycles. The molecule has 4 rings (SSSR count). The minimum atomic E-state index is -4.46. The van der Waals surface area contributed by atoms with E-state index in [1.165, 1.54) is 12.1 Å². The van der Waals surface area contributed by atoms with Crippen molar-refractivity contribution in [2.75, 3.05) is 6.54 Å². The Bertz CT molecular complexity index is 1370. The summed E-state index contributed by atoms with van der Waals surface area (Å²) in [5, 5.41) is 15.8. The minimum absolute atomic E-state index is 0.109. The van der Waals surface area contributed by atoms with Crippen molar-refractivity contribution in [3.63, 3.8) is 0 Å². The van der Waals surface area contributed by atoms with E-state index in [1.54, 1.807) is 31.2 Å². The lowest BCUT2D eigenvalue weighted by Gasteiger charge is -2.14. The van der Waals surface area contributed by atoms with E-state index in [9.17, 15) is 18.0 Å². The lowest BCUT2D eigenvalue weighted by atomic mass is 9.94. The number of carboxylic acid groups (broad SMARTS) is 1. The fourth-order valence-corrected chi connectivity index (χ4v) is 3.83. The number of rotatable bonds is 7. The predicted molar refractivity (Wildman–Crippen MR) is 124 cm³/mol. The van der Waals surface area contributed by atoms with E-state index < -0.39 is 17.7 Å². The molecule has 1 aromatic heterocycles. The highest BCUT2D eigenvalue weighted by Crippen LogP contribution is 2.38. The Labute approximate surface area is 199 Å². The highest BCUT2D eigenvalue weighted by molar-refractivity contribution is 5.74. The second kappa shape index (κ2) is 9.71. The number of aliphatic carboxylic acids is 1. The van der Waals surface area contributed by atoms with Crippen LogP contribution in [0.3, 0.4) is 0 Å². The molecule has 6 nitrogen and oxygen atoms in total. The van der Waals surface area contributed by atoms with Crippen LogP contribution in [0.4, 0.5) is 13.2 Å². The third-order valence-corrected chi connectivity index (χ3v) is 5.63. The van der Waals surface area contributed by atoms with Crippen molar-refractivity contribution < 1.29 is 27.6 Å². The summed E-state index contributed by atoms with van der Waals surface area (Å²) in [5.41, 5.74) is 2.66. The van der Waals surface area contributed by atoms with Gasteiger partial charge in [-0.05, 0) is 60.4 Å². The molecule has 0 aliphatic heterocycles. The highest BCUT2D eigenvalue weighted by Gasteiger charge is 2.33. The second-order valence-electron chi connectivity index (χ2n) is 8.12. The van der Waals surface area contributed by atoms with E-state index in [4.69, 9.17) is 9.63 Å². The van der Waals surface area contributed by atoms with Crippen LogP contribution >= 0.6 is 0 Å². The summed E-state index contributed by atoms with van der Waals surface area (Å²) in [7, 11) is 0. The molecule has 0 fully saturated rings. The van der Waals surface area contributed by atoms with Gasteiger partial charge in [0.1, 0.15) is 0 Å². The van der Waals surface area contributed by atoms with Crippen molar-refractivity contribution in [1.29, 1.82) is 0 Å². The smallest absolute Gasteiger partial charge is 0.417 e. The van der Waals surface area contributed by atoms with Gasteiger partial charge in [-0.1, -0.05) is 47.6 Å². The summed E-state index contributed by atoms with van der Waals surface area (Å²) < 4.78 is 45.8. The van der Waals surface area contributed by atoms with Crippen molar-refractivity contribution in [1.82, 2.24) is 15.5 Å². The molecule has 2 N–H and O–H groups in total. The Hall–Kier alpha value is -3.98. The normalized spacial score (nSPS) is 12.5. The zero-order valence-electron chi connectivity index (χ0n) is 18.9. The molecule has 180 valence electrons. The van der Waals surface area contributed by atoms with E-state index in [2.05, 4.69) is 15.5 Å². The zero-order chi connectivity index (χ0) is 25.2. The van der Waals surface area contributed by atoms with Gasteiger partial charge in [-0.2, -0.15) is 18.2 Å². The molecule has 0 amide bonds. The molecule has 1 unspecified atom stereocenters. The van der Waals surface area contributed by atoms with Crippen LogP contribution in [0.5, 0.6) is 0 Å². The van der Waals surface area contributed by atoms with Gasteiger partial charge >= 0.3 is 12.1 Å². The molecule has 0 bridgehead atoms. The lowest BCUT2D eigenvalue weighted by molar-refractivity contribution is -0.137. The standard InChI is InChI=1S/C26H22F3N3O3/c1-15-12-19(10-11-20(15)21-8-3-4-9-22(21)26(27,28)29)25-31-24(32-35-25)18-7-5-6-17(13-18)16(2)30-14-23(33)34/h3-13,16,30H,14H2,1-2H3,(H,33,34). The molecule has 3 aromatic carbocycles. The van der Waals surface area contributed by atoms with Gasteiger partial charge in [-0.3, -0.25) is 4.79 Å². The number of benzene rings is 3. The number of nitrogens with one attached hydrogen (secondary N) is 1. The number of aryl methyl sites for hydroxylation is 1. The van der Waals surface area contributed by atoms with Crippen molar-refractivity contribution in [2.45, 2.75) is 26.1 Å². The van der Waals surface area contributed by atoms with E-state index in [0.717, 1.165) is 11.6 Å². The molecule has 4 aromatic rings. The predicted octanol–water partition coefficient (Wildman–Crippen LogP) is 6.13. The summed E-state index contributed by atoms with van der Waals surface area (Å²) in [6.45, 7) is 3.42. The fraction of sp³-hybridized carbons (Fsp3) is 0.192. The minimum Gasteiger partial charge on any atom is -0.480 e. The SMILES string of the molecule is Cc1cc(-c2nc(-c3cccc(C(C)NCC(=O)O)c3)no2)ccc1-c1ccccc1C(F)(F)F. The number of alkyl halides is 3. The van der Waals surface area contributed by atoms with Crippen LogP contribution in [0.15, 0.2) is 71.3 Å². The summed E-state index contributed by atoms with van der Waals surface area (Å²) in [6, 6.07) is 17.6. The molecule has 35 heavy (non-hydrogen) atoms. The number of aromatic nitrogens is 2. The Morgan fingerprint density at radius 1 is 1.03 bits per heavy atom. The monoisotopic (exact) mass is 481 g/mol. The van der Waals surface area contributed by atoms with Gasteiger partial charge in [0, 0.05) is 17.2 Å². The first kappa shape index (κ1) is 24.2. The van der Waals surface area contributed by atoms with Crippen LogP contribution in [-0.2, 0) is 11.0 Å². The first-order chi connectivity index (χ1) is 16.6. The second-order valence-corrected chi connectivity index (χ2v) is 8.12. The van der Waals surface area contributed by atoms with Gasteiger partial charge in [0.05, 0.1) is 12.1 Å². The Balaban J connectivity index is 1.60. The maximum atomic E-state index is 13.5. The van der Waals surface area contributed by atoms with Gasteiger partial charge in [0.2, 0.25) is 5.82 Å². The average molecular weight is 481 g/mol. The van der Waals surface area contributed by atoms with E-state index >= 15 is 0 Å². The molecular formula is C26H22F3N3O3. The fourth-order valence-electron chi connectivity index (χ4n) is 3.83. The van der Waals surface area contributed by atoms with Crippen LogP contribution in [0, 0.1) is 6.92 Å². The quantitative estimate of drug-likeness (QED) is 0.330. The van der Waals surface area contributed by atoms with Crippen LogP contribution in [-0.4, -0.2) is 27.8 Å². The summed E-state index contributed by atoms with van der Waals surface area (Å²) in [4.78, 5) is 15.3. The van der Waals surface area contributed by atoms with Crippen LogP contribution in [0.25, 0.3) is 34.0 Å². The Morgan fingerprint density at radius 3 is 2.51 bits per heavy atom. The maximum Gasteiger partial charge on any atom is 0.417 e. The first-order valence-corrected chi connectivity index (χ1v) is 10.8. The van der Waals surface area contributed by atoms with Crippen LogP contribution < -0.4 is 5.32 Å². The van der Waals surface area contributed by atoms with Crippen molar-refractivity contribution in [3.05, 3.63) is 83.4 Å². The molecule has 1 heterocycles. The number of carbonyl (C=O) groups is 1. The van der Waals surface area contributed by atoms with Gasteiger partial charge < -0.3 is 14.9 Å². The molecule has 0 radical (unpaired) electrons. The number of nitrogens with zero attached hydrogens (tertiary/aromatic N) is 2. The maximum absolute atomic E-state index is 13.5. The van der Waals surface area contributed by atoms with Gasteiger partial charge in [0.15, 0.2) is 0 Å². The molecule has 0 aliphatic carbocycles. The van der Waals surface area contributed by atoms with Gasteiger partial charge in [-0.25, -0.2) is 0 Å². The van der Waals surface area contributed by atoms with Crippen molar-refractivity contribution >= 4 is 5.97 Å². The summed E-state index contributed by atoms with van der Waals surface area (Å²) in [5.74, 6) is -0.364. The van der Waals surface area contributed by atoms with Gasteiger partial charge in [0.25, 0.3) is 5.89 Å². The number of carboxylic acids is 1. The molecule has 0 spiro atoms. The average Bonchev–Trinajstić information content (AvgIpc) is 3.32. The molecule has 9 heteroatoms. The number of hydrogen-bond acceptors (Lipinski definition) is 5. The Kier molecular flexibility index (Phi) is 6.70. The third kappa shape index (κ3) is 5.41. The van der Waals surface area contributed by atoms with E-state index in [0.29, 0.717) is 28.1 Å². The molecule has 0 saturated heterocycles. The van der Waals surface area contributed by atoms with E-state index in [1.807, 2.05) is 31.2 Å². The topological polar surface area (TPSA) is 88.2 Å². The third-order valence-electron chi connectivity index (χ3n) is 5.63. The summed E-state index contributed by atoms with van der Waals surface area (Å²) in [6.07, 6.45) is -4.46. The molecule has 0 aliphatic rings. The molecular weight excluding hydrogens is 459 g/mol. The number of hydrogen-bond donors (Lipinski definition) is 2. The first-order valence-electron chi connectivity index (χ1n) is 10.8. The van der Waals surface area contributed by atoms with Gasteiger partial charge in [-0.15, -0.1) is 0 Å². The largest absolute Gasteiger partial charge is 0.480 e. The van der Waals surface area contributed by atoms with Crippen LogP contribution in [0.2, 0.25) is 0 Å². The lowest BCUT2D eigenvalue weighted by Crippen LogP contribution is -2.25. The van der Waals surface area contributed by atoms with Crippen molar-refractivity contribution in [2.24, 2.45) is 0 Å². The highest BCUT2D eigenvalue weighted by atomic mass is 19.4. The Morgan fingerprint density at radius 2 is 1.80 bits per heavy atom. The van der Waals surface area contributed by atoms with E-state index in [-0.39, 0.29) is 24.0 Å². The molecule has 1 atom stereocenters. The zero-order valence-corrected chi connectivity index (χ0v) is 18.9.